The molecular formula is C22H25N5O3S. The zero-order chi connectivity index (χ0) is 22.2. The van der Waals surface area contributed by atoms with E-state index in [1.54, 1.807) is 19.4 Å². The first-order valence-electron chi connectivity index (χ1n) is 9.92. The van der Waals surface area contributed by atoms with E-state index < -0.39 is 10.0 Å². The number of rotatable bonds is 5. The van der Waals surface area contributed by atoms with E-state index in [4.69, 9.17) is 4.74 Å². The molecule has 31 heavy (non-hydrogen) atoms. The molecule has 3 aromatic rings. The maximum absolute atomic E-state index is 12.3. The van der Waals surface area contributed by atoms with E-state index in [2.05, 4.69) is 25.3 Å². The van der Waals surface area contributed by atoms with E-state index in [9.17, 15) is 8.42 Å². The number of fused-ring (bicyclic) bond motifs is 1. The smallest absolute Gasteiger partial charge is 0.240 e. The molecule has 0 unspecified atom stereocenters. The summed E-state index contributed by atoms with van der Waals surface area (Å²) in [5.41, 5.74) is 5.19. The molecule has 2 heterocycles. The summed E-state index contributed by atoms with van der Waals surface area (Å²) < 4.78 is 32.6. The molecule has 0 fully saturated rings. The number of hydrogen-bond acceptors (Lipinski definition) is 7. The van der Waals surface area contributed by atoms with Crippen molar-refractivity contribution in [1.29, 1.82) is 0 Å². The van der Waals surface area contributed by atoms with Gasteiger partial charge in [0.25, 0.3) is 0 Å². The Morgan fingerprint density at radius 2 is 1.74 bits per heavy atom. The SMILES string of the molecule is COc1c(C)cc(Nc2ncc(C)c(Nc3ccc4c(c3)S(=O)(=O)NCC4)n2)cc1C. The average Bonchev–Trinajstić information content (AvgIpc) is 2.71. The average molecular weight is 440 g/mol. The Labute approximate surface area is 182 Å². The maximum atomic E-state index is 12.3. The number of sulfonamides is 1. The molecule has 8 nitrogen and oxygen atoms in total. The molecule has 1 aliphatic rings. The van der Waals surface area contributed by atoms with Gasteiger partial charge in [0.05, 0.1) is 12.0 Å². The highest BCUT2D eigenvalue weighted by atomic mass is 32.2. The minimum absolute atomic E-state index is 0.304. The number of nitrogens with zero attached hydrogens (tertiary/aromatic N) is 2. The molecule has 0 bridgehead atoms. The minimum atomic E-state index is -3.48. The number of aryl methyl sites for hydroxylation is 3. The number of benzene rings is 2. The summed E-state index contributed by atoms with van der Waals surface area (Å²) in [6, 6.07) is 9.30. The summed E-state index contributed by atoms with van der Waals surface area (Å²) in [6.07, 6.45) is 2.40. The molecular weight excluding hydrogens is 414 g/mol. The van der Waals surface area contributed by atoms with Crippen molar-refractivity contribution in [2.75, 3.05) is 24.3 Å². The van der Waals surface area contributed by atoms with Gasteiger partial charge in [-0.05, 0) is 68.1 Å². The summed E-state index contributed by atoms with van der Waals surface area (Å²) in [4.78, 5) is 9.26. The van der Waals surface area contributed by atoms with Crippen molar-refractivity contribution in [3.63, 3.8) is 0 Å². The number of anilines is 4. The molecule has 0 radical (unpaired) electrons. The van der Waals surface area contributed by atoms with Crippen LogP contribution in [0, 0.1) is 20.8 Å². The first-order valence-corrected chi connectivity index (χ1v) is 11.4. The highest BCUT2D eigenvalue weighted by molar-refractivity contribution is 7.89. The van der Waals surface area contributed by atoms with Gasteiger partial charge >= 0.3 is 0 Å². The van der Waals surface area contributed by atoms with Gasteiger partial charge < -0.3 is 15.4 Å². The zero-order valence-corrected chi connectivity index (χ0v) is 18.7. The Bertz CT molecular complexity index is 1230. The van der Waals surface area contributed by atoms with Crippen molar-refractivity contribution in [1.82, 2.24) is 14.7 Å². The lowest BCUT2D eigenvalue weighted by atomic mass is 10.1. The van der Waals surface area contributed by atoms with Gasteiger partial charge in [-0.3, -0.25) is 0 Å². The highest BCUT2D eigenvalue weighted by Crippen LogP contribution is 2.29. The molecule has 0 atom stereocenters. The summed E-state index contributed by atoms with van der Waals surface area (Å²) in [7, 11) is -1.82. The first-order chi connectivity index (χ1) is 14.8. The molecule has 0 saturated heterocycles. The van der Waals surface area contributed by atoms with E-state index in [0.717, 1.165) is 33.7 Å². The van der Waals surface area contributed by atoms with Crippen LogP contribution in [-0.2, 0) is 16.4 Å². The minimum Gasteiger partial charge on any atom is -0.496 e. The number of nitrogens with one attached hydrogen (secondary N) is 3. The van der Waals surface area contributed by atoms with Gasteiger partial charge in [-0.1, -0.05) is 6.07 Å². The van der Waals surface area contributed by atoms with Gasteiger partial charge in [-0.15, -0.1) is 0 Å². The van der Waals surface area contributed by atoms with Gasteiger partial charge in [0.2, 0.25) is 16.0 Å². The van der Waals surface area contributed by atoms with Crippen LogP contribution in [-0.4, -0.2) is 32.0 Å². The van der Waals surface area contributed by atoms with Gasteiger partial charge in [0.15, 0.2) is 0 Å². The summed E-state index contributed by atoms with van der Waals surface area (Å²) >= 11 is 0. The fourth-order valence-electron chi connectivity index (χ4n) is 3.73. The van der Waals surface area contributed by atoms with E-state index in [1.165, 1.54) is 0 Å². The lowest BCUT2D eigenvalue weighted by molar-refractivity contribution is 0.408. The van der Waals surface area contributed by atoms with Gasteiger partial charge in [-0.25, -0.2) is 18.1 Å². The van der Waals surface area contributed by atoms with Crippen LogP contribution in [0.5, 0.6) is 5.75 Å². The van der Waals surface area contributed by atoms with Crippen LogP contribution in [0.2, 0.25) is 0 Å². The molecule has 0 spiro atoms. The molecule has 2 aromatic carbocycles. The normalized spacial score (nSPS) is 14.6. The predicted molar refractivity (Wildman–Crippen MR) is 121 cm³/mol. The van der Waals surface area contributed by atoms with Crippen molar-refractivity contribution in [2.45, 2.75) is 32.1 Å². The third kappa shape index (κ3) is 4.33. The summed E-state index contributed by atoms with van der Waals surface area (Å²) in [5, 5.41) is 6.45. The van der Waals surface area contributed by atoms with Crippen LogP contribution in [0.15, 0.2) is 41.4 Å². The number of methoxy groups -OCH3 is 1. The second kappa shape index (κ2) is 8.16. The molecule has 0 aliphatic carbocycles. The van der Waals surface area contributed by atoms with Crippen molar-refractivity contribution >= 4 is 33.2 Å². The molecule has 1 aromatic heterocycles. The molecule has 1 aliphatic heterocycles. The van der Waals surface area contributed by atoms with Crippen LogP contribution in [0.3, 0.4) is 0 Å². The molecule has 3 N–H and O–H groups in total. The Kier molecular flexibility index (Phi) is 5.55. The maximum Gasteiger partial charge on any atom is 0.240 e. The van der Waals surface area contributed by atoms with E-state index in [-0.39, 0.29) is 0 Å². The fourth-order valence-corrected chi connectivity index (χ4v) is 5.05. The molecule has 9 heteroatoms. The lowest BCUT2D eigenvalue weighted by Gasteiger charge is -2.19. The summed E-state index contributed by atoms with van der Waals surface area (Å²) in [5.74, 6) is 1.89. The number of aromatic nitrogens is 2. The largest absolute Gasteiger partial charge is 0.496 e. The topological polar surface area (TPSA) is 105 Å². The van der Waals surface area contributed by atoms with Crippen molar-refractivity contribution in [3.8, 4) is 5.75 Å². The second-order valence-corrected chi connectivity index (χ2v) is 9.32. The Balaban J connectivity index is 1.61. The van der Waals surface area contributed by atoms with E-state index >= 15 is 0 Å². The number of ether oxygens (including phenoxy) is 1. The van der Waals surface area contributed by atoms with Gasteiger partial charge in [0.1, 0.15) is 11.6 Å². The van der Waals surface area contributed by atoms with E-state index in [0.29, 0.717) is 35.3 Å². The Morgan fingerprint density at radius 3 is 2.45 bits per heavy atom. The molecule has 0 saturated carbocycles. The van der Waals surface area contributed by atoms with Crippen LogP contribution in [0.4, 0.5) is 23.1 Å². The second-order valence-electron chi connectivity index (χ2n) is 7.59. The van der Waals surface area contributed by atoms with Gasteiger partial charge in [-0.2, -0.15) is 4.98 Å². The first kappa shape index (κ1) is 21.1. The summed E-state index contributed by atoms with van der Waals surface area (Å²) in [6.45, 7) is 6.29. The quantitative estimate of drug-likeness (QED) is 0.556. The predicted octanol–water partition coefficient (Wildman–Crippen LogP) is 3.73. The Morgan fingerprint density at radius 1 is 1.00 bits per heavy atom. The van der Waals surface area contributed by atoms with Gasteiger partial charge in [0, 0.05) is 29.7 Å². The van der Waals surface area contributed by atoms with Crippen molar-refractivity contribution in [3.05, 3.63) is 58.8 Å². The standard InChI is InChI=1S/C22H25N5O3S/c1-13-9-18(10-14(2)20(13)30-4)26-22-23-12-15(3)21(27-22)25-17-6-5-16-7-8-24-31(28,29)19(16)11-17/h5-6,9-12,24H,7-8H2,1-4H3,(H2,23,25,26,27). The van der Waals surface area contributed by atoms with Crippen molar-refractivity contribution in [2.24, 2.45) is 0 Å². The van der Waals surface area contributed by atoms with Crippen LogP contribution in [0.25, 0.3) is 0 Å². The Hall–Kier alpha value is -3.17. The van der Waals surface area contributed by atoms with Crippen LogP contribution < -0.4 is 20.1 Å². The third-order valence-corrected chi connectivity index (χ3v) is 6.74. The third-order valence-electron chi connectivity index (χ3n) is 5.20. The molecule has 0 amide bonds. The lowest BCUT2D eigenvalue weighted by Crippen LogP contribution is -2.31. The fraction of sp³-hybridized carbons (Fsp3) is 0.273. The monoisotopic (exact) mass is 439 g/mol. The van der Waals surface area contributed by atoms with Crippen molar-refractivity contribution < 1.29 is 13.2 Å². The zero-order valence-electron chi connectivity index (χ0n) is 17.9. The van der Waals surface area contributed by atoms with E-state index in [1.807, 2.05) is 45.0 Å². The number of hydrogen-bond donors (Lipinski definition) is 3. The van der Waals surface area contributed by atoms with Crippen LogP contribution in [0.1, 0.15) is 22.3 Å². The molecule has 4 rings (SSSR count). The van der Waals surface area contributed by atoms with Crippen LogP contribution >= 0.6 is 0 Å². The highest BCUT2D eigenvalue weighted by Gasteiger charge is 2.23. The molecule has 162 valence electrons.